The van der Waals surface area contributed by atoms with Crippen LogP contribution in [0, 0.1) is 0 Å². The fourth-order valence-corrected chi connectivity index (χ4v) is 3.60. The van der Waals surface area contributed by atoms with Gasteiger partial charge in [-0.25, -0.2) is 4.99 Å². The summed E-state index contributed by atoms with van der Waals surface area (Å²) in [4.78, 5) is 9.57. The molecular weight excluding hydrogens is 244 g/mol. The van der Waals surface area contributed by atoms with E-state index >= 15 is 0 Å². The zero-order valence-corrected chi connectivity index (χ0v) is 11.2. The Morgan fingerprint density at radius 3 is 2.70 bits per heavy atom. The molecule has 96 valence electrons. The third kappa shape index (κ3) is 1.29. The lowest BCUT2D eigenvalue weighted by Gasteiger charge is -2.12. The number of hydrogen-bond acceptors (Lipinski definition) is 2. The monoisotopic (exact) mass is 258 g/mol. The topological polar surface area (TPSA) is 24.7 Å². The molecule has 0 saturated heterocycles. The van der Waals surface area contributed by atoms with Gasteiger partial charge in [-0.3, -0.25) is 4.99 Å². The molecule has 3 aliphatic rings. The number of rotatable bonds is 0. The molecule has 0 spiro atoms. The molecule has 0 N–H and O–H groups in total. The fourth-order valence-electron chi connectivity index (χ4n) is 3.60. The van der Waals surface area contributed by atoms with Gasteiger partial charge in [0.25, 0.3) is 0 Å². The van der Waals surface area contributed by atoms with Crippen LogP contribution in [0.1, 0.15) is 25.7 Å². The highest BCUT2D eigenvalue weighted by Crippen LogP contribution is 2.34. The minimum absolute atomic E-state index is 1.08. The molecule has 0 aromatic heterocycles. The van der Waals surface area contributed by atoms with Gasteiger partial charge in [-0.05, 0) is 49.5 Å². The van der Waals surface area contributed by atoms with Crippen LogP contribution in [-0.4, -0.2) is 5.71 Å². The van der Waals surface area contributed by atoms with Gasteiger partial charge in [0.05, 0.1) is 16.7 Å². The second kappa shape index (κ2) is 3.66. The molecule has 5 rings (SSSR count). The Labute approximate surface area is 117 Å². The van der Waals surface area contributed by atoms with Crippen LogP contribution in [0.25, 0.3) is 16.7 Å². The first-order valence-corrected chi connectivity index (χ1v) is 7.33. The normalized spacial score (nSPS) is 17.8. The van der Waals surface area contributed by atoms with E-state index < -0.39 is 0 Å². The third-order valence-electron chi connectivity index (χ3n) is 4.57. The van der Waals surface area contributed by atoms with Crippen LogP contribution in [-0.2, 0) is 0 Å². The van der Waals surface area contributed by atoms with Gasteiger partial charge in [0.15, 0.2) is 0 Å². The van der Waals surface area contributed by atoms with E-state index in [1.807, 2.05) is 6.07 Å². The number of para-hydroxylation sites is 1. The summed E-state index contributed by atoms with van der Waals surface area (Å²) in [5.74, 6) is 0. The highest BCUT2D eigenvalue weighted by atomic mass is 14.8. The van der Waals surface area contributed by atoms with E-state index in [0.717, 1.165) is 23.2 Å². The predicted molar refractivity (Wildman–Crippen MR) is 81.3 cm³/mol. The van der Waals surface area contributed by atoms with Crippen molar-refractivity contribution in [3.8, 4) is 11.1 Å². The van der Waals surface area contributed by atoms with Gasteiger partial charge in [-0.2, -0.15) is 0 Å². The fraction of sp³-hybridized carbons (Fsp3) is 0.222. The summed E-state index contributed by atoms with van der Waals surface area (Å²) in [5, 5.41) is 2.43. The highest BCUT2D eigenvalue weighted by molar-refractivity contribution is 6.22. The largest absolute Gasteiger partial charge is 0.252 e. The smallest absolute Gasteiger partial charge is 0.0738 e. The molecule has 0 unspecified atom stereocenters. The lowest BCUT2D eigenvalue weighted by molar-refractivity contribution is 0.765. The van der Waals surface area contributed by atoms with Crippen molar-refractivity contribution in [2.45, 2.75) is 25.7 Å². The molecule has 1 saturated carbocycles. The Balaban J connectivity index is 1.84. The molecule has 0 bridgehead atoms. The lowest BCUT2D eigenvalue weighted by Crippen LogP contribution is -2.14. The molecule has 2 heteroatoms. The Kier molecular flexibility index (Phi) is 1.93. The SMILES string of the molecule is c1ccc2c(c1)N=c1cc3c(cc1-2)=C1CCCCC1=N3. The van der Waals surface area contributed by atoms with Crippen molar-refractivity contribution in [1.29, 1.82) is 0 Å². The van der Waals surface area contributed by atoms with Crippen LogP contribution in [0.2, 0.25) is 0 Å². The van der Waals surface area contributed by atoms with Gasteiger partial charge in [-0.1, -0.05) is 18.2 Å². The zero-order chi connectivity index (χ0) is 13.1. The molecule has 2 aliphatic heterocycles. The van der Waals surface area contributed by atoms with Crippen molar-refractivity contribution in [3.05, 3.63) is 47.0 Å². The molecular formula is C18H14N2. The minimum Gasteiger partial charge on any atom is -0.252 e. The minimum atomic E-state index is 1.08. The van der Waals surface area contributed by atoms with Gasteiger partial charge < -0.3 is 0 Å². The average molecular weight is 258 g/mol. The Morgan fingerprint density at radius 1 is 0.800 bits per heavy atom. The predicted octanol–water partition coefficient (Wildman–Crippen LogP) is 3.43. The maximum atomic E-state index is 4.83. The van der Waals surface area contributed by atoms with Crippen molar-refractivity contribution in [1.82, 2.24) is 0 Å². The molecule has 0 atom stereocenters. The maximum absolute atomic E-state index is 4.83. The number of hydrogen-bond donors (Lipinski definition) is 0. The van der Waals surface area contributed by atoms with E-state index in [1.54, 1.807) is 0 Å². The van der Waals surface area contributed by atoms with E-state index in [-0.39, 0.29) is 0 Å². The summed E-state index contributed by atoms with van der Waals surface area (Å²) in [6.45, 7) is 0. The van der Waals surface area contributed by atoms with Gasteiger partial charge in [-0.15, -0.1) is 0 Å². The van der Waals surface area contributed by atoms with Gasteiger partial charge >= 0.3 is 0 Å². The second-order valence-electron chi connectivity index (χ2n) is 5.76. The number of aliphatic imine (C=N–C) groups is 1. The number of nitrogens with zero attached hydrogens (tertiary/aromatic N) is 2. The molecule has 2 nitrogen and oxygen atoms in total. The zero-order valence-electron chi connectivity index (χ0n) is 11.2. The lowest BCUT2D eigenvalue weighted by atomic mass is 9.92. The Hall–Kier alpha value is -2.22. The standard InChI is InChI=1S/C18H14N2/c1-3-7-15-11(5-1)13-9-14-12-6-2-4-8-16(12)20-18(14)10-17(13)19-15/h1,3,5,7,9-10H,2,4,6,8H2. The van der Waals surface area contributed by atoms with Crippen molar-refractivity contribution in [2.75, 3.05) is 0 Å². The summed E-state index contributed by atoms with van der Waals surface area (Å²) >= 11 is 0. The van der Waals surface area contributed by atoms with Gasteiger partial charge in [0.1, 0.15) is 0 Å². The summed E-state index contributed by atoms with van der Waals surface area (Å²) in [6, 6.07) is 12.9. The van der Waals surface area contributed by atoms with E-state index in [4.69, 9.17) is 9.98 Å². The van der Waals surface area contributed by atoms with Crippen LogP contribution in [0.15, 0.2) is 46.4 Å². The van der Waals surface area contributed by atoms with Crippen molar-refractivity contribution in [3.63, 3.8) is 0 Å². The number of fused-ring (bicyclic) bond motifs is 5. The third-order valence-corrected chi connectivity index (χ3v) is 4.57. The molecule has 2 heterocycles. The van der Waals surface area contributed by atoms with Crippen LogP contribution < -0.4 is 10.6 Å². The van der Waals surface area contributed by atoms with Crippen LogP contribution >= 0.6 is 0 Å². The summed E-state index contributed by atoms with van der Waals surface area (Å²) in [7, 11) is 0. The molecule has 2 aromatic rings. The quantitative estimate of drug-likeness (QED) is 0.590. The summed E-state index contributed by atoms with van der Waals surface area (Å²) in [5.41, 5.74) is 7.56. The van der Waals surface area contributed by atoms with Crippen molar-refractivity contribution >= 4 is 22.7 Å². The van der Waals surface area contributed by atoms with Crippen molar-refractivity contribution < 1.29 is 0 Å². The molecule has 1 aliphatic carbocycles. The van der Waals surface area contributed by atoms with Crippen LogP contribution in [0.3, 0.4) is 0 Å². The summed E-state index contributed by atoms with van der Waals surface area (Å²) in [6.07, 6.45) is 4.90. The first-order valence-electron chi connectivity index (χ1n) is 7.33. The molecule has 1 fully saturated rings. The van der Waals surface area contributed by atoms with Crippen molar-refractivity contribution in [2.24, 2.45) is 9.98 Å². The second-order valence-corrected chi connectivity index (χ2v) is 5.76. The molecule has 20 heavy (non-hydrogen) atoms. The number of benzene rings is 2. The Morgan fingerprint density at radius 2 is 1.70 bits per heavy atom. The van der Waals surface area contributed by atoms with E-state index in [2.05, 4.69) is 30.3 Å². The average Bonchev–Trinajstić information content (AvgIpc) is 3.02. The summed E-state index contributed by atoms with van der Waals surface area (Å²) < 4.78 is 0. The first-order chi connectivity index (χ1) is 9.90. The maximum Gasteiger partial charge on any atom is 0.0738 e. The first kappa shape index (κ1) is 10.6. The molecule has 0 radical (unpaired) electrons. The highest BCUT2D eigenvalue weighted by Gasteiger charge is 2.22. The van der Waals surface area contributed by atoms with E-state index in [9.17, 15) is 0 Å². The van der Waals surface area contributed by atoms with Gasteiger partial charge in [0, 0.05) is 22.1 Å². The molecule has 0 amide bonds. The van der Waals surface area contributed by atoms with E-state index in [0.29, 0.717) is 0 Å². The van der Waals surface area contributed by atoms with Gasteiger partial charge in [0.2, 0.25) is 0 Å². The molecule has 2 aromatic carbocycles. The Bertz CT molecular complexity index is 904. The van der Waals surface area contributed by atoms with Crippen LogP contribution in [0.4, 0.5) is 11.4 Å². The van der Waals surface area contributed by atoms with E-state index in [1.165, 1.54) is 46.9 Å². The van der Waals surface area contributed by atoms with Crippen LogP contribution in [0.5, 0.6) is 0 Å².